The van der Waals surface area contributed by atoms with Crippen molar-refractivity contribution < 1.29 is 8.92 Å². The second-order valence-corrected chi connectivity index (χ2v) is 6.27. The van der Waals surface area contributed by atoms with Gasteiger partial charge in [-0.25, -0.2) is 14.6 Å². The summed E-state index contributed by atoms with van der Waals surface area (Å²) in [5.74, 6) is 1.79. The Bertz CT molecular complexity index is 1070. The predicted octanol–water partition coefficient (Wildman–Crippen LogP) is 2.92. The molecule has 0 amide bonds. The lowest BCUT2D eigenvalue weighted by Crippen LogP contribution is -2.01. The first kappa shape index (κ1) is 17.2. The molecule has 0 fully saturated rings. The molecule has 1 N–H and O–H groups in total. The van der Waals surface area contributed by atoms with Gasteiger partial charge in [-0.1, -0.05) is 0 Å². The maximum Gasteiger partial charge on any atom is 0.240 e. The highest BCUT2D eigenvalue weighted by Crippen LogP contribution is 2.32. The Balaban J connectivity index is 1.47. The van der Waals surface area contributed by atoms with E-state index in [0.29, 0.717) is 17.3 Å². The van der Waals surface area contributed by atoms with Gasteiger partial charge in [0.05, 0.1) is 30.7 Å². The van der Waals surface area contributed by atoms with E-state index in [-0.39, 0.29) is 0 Å². The fourth-order valence-electron chi connectivity index (χ4n) is 2.61. The third-order valence-corrected chi connectivity index (χ3v) is 4.45. The van der Waals surface area contributed by atoms with Crippen LogP contribution in [0, 0.1) is 6.92 Å². The molecule has 0 atom stereocenters. The highest BCUT2D eigenvalue weighted by molar-refractivity contribution is 7.96. The Kier molecular flexibility index (Phi) is 4.55. The normalized spacial score (nSPS) is 10.9. The van der Waals surface area contributed by atoms with E-state index in [0.717, 1.165) is 34.6 Å². The number of methoxy groups -OCH3 is 1. The van der Waals surface area contributed by atoms with Gasteiger partial charge in [-0.15, -0.1) is 0 Å². The molecule has 0 spiro atoms. The van der Waals surface area contributed by atoms with Gasteiger partial charge in [0.25, 0.3) is 0 Å². The standard InChI is InChI=1S/C17H17N7O2S/c1-11-6-7-24(21-11)14-5-4-13(10-18-14)26-27-22-15-16-12(9-20-23(16)2)8-19-17(15)25-3/h4-10,22H,1-3H3. The van der Waals surface area contributed by atoms with Gasteiger partial charge >= 0.3 is 0 Å². The Labute approximate surface area is 159 Å². The predicted molar refractivity (Wildman–Crippen MR) is 103 cm³/mol. The van der Waals surface area contributed by atoms with Gasteiger partial charge in [-0.3, -0.25) is 9.40 Å². The van der Waals surface area contributed by atoms with E-state index >= 15 is 0 Å². The maximum absolute atomic E-state index is 5.67. The van der Waals surface area contributed by atoms with Crippen molar-refractivity contribution in [3.05, 3.63) is 48.7 Å². The first-order chi connectivity index (χ1) is 13.2. The van der Waals surface area contributed by atoms with Crippen LogP contribution < -0.4 is 13.6 Å². The van der Waals surface area contributed by atoms with Crippen LogP contribution in [0.25, 0.3) is 16.7 Å². The van der Waals surface area contributed by atoms with Crippen LogP contribution in [0.15, 0.2) is 43.0 Å². The zero-order valence-corrected chi connectivity index (χ0v) is 15.8. The van der Waals surface area contributed by atoms with Gasteiger partial charge in [0.1, 0.15) is 5.69 Å². The molecule has 10 heteroatoms. The number of hydrogen-bond acceptors (Lipinski definition) is 8. The van der Waals surface area contributed by atoms with E-state index in [1.54, 1.807) is 35.1 Å². The van der Waals surface area contributed by atoms with Gasteiger partial charge in [0, 0.05) is 24.8 Å². The number of fused-ring (bicyclic) bond motifs is 1. The van der Waals surface area contributed by atoms with E-state index in [9.17, 15) is 0 Å². The van der Waals surface area contributed by atoms with Gasteiger partial charge in [0.15, 0.2) is 23.8 Å². The molecule has 0 aliphatic carbocycles. The molecule has 9 nitrogen and oxygen atoms in total. The number of ether oxygens (including phenoxy) is 1. The molecule has 0 aliphatic heterocycles. The van der Waals surface area contributed by atoms with Crippen LogP contribution in [0.1, 0.15) is 5.69 Å². The topological polar surface area (TPSA) is 91.9 Å². The summed E-state index contributed by atoms with van der Waals surface area (Å²) in [7, 11) is 3.43. The third kappa shape index (κ3) is 3.38. The summed E-state index contributed by atoms with van der Waals surface area (Å²) < 4.78 is 17.6. The molecule has 0 unspecified atom stereocenters. The minimum atomic E-state index is 0.463. The molecular weight excluding hydrogens is 366 g/mol. The van der Waals surface area contributed by atoms with Crippen LogP contribution in [0.4, 0.5) is 5.69 Å². The van der Waals surface area contributed by atoms with Crippen LogP contribution in [0.5, 0.6) is 11.6 Å². The first-order valence-corrected chi connectivity index (χ1v) is 8.83. The number of rotatable bonds is 6. The summed E-state index contributed by atoms with van der Waals surface area (Å²) in [5, 5.41) is 9.49. The van der Waals surface area contributed by atoms with E-state index in [1.807, 2.05) is 38.4 Å². The van der Waals surface area contributed by atoms with Crippen LogP contribution in [-0.2, 0) is 7.05 Å². The summed E-state index contributed by atoms with van der Waals surface area (Å²) >= 11 is 1.05. The maximum atomic E-state index is 5.67. The Morgan fingerprint density at radius 2 is 2.00 bits per heavy atom. The summed E-state index contributed by atoms with van der Waals surface area (Å²) in [5.41, 5.74) is 2.50. The molecule has 0 radical (unpaired) electrons. The molecule has 0 aliphatic rings. The molecule has 4 rings (SSSR count). The van der Waals surface area contributed by atoms with Gasteiger partial charge in [0.2, 0.25) is 5.88 Å². The fourth-order valence-corrected chi connectivity index (χ4v) is 3.11. The zero-order chi connectivity index (χ0) is 18.8. The van der Waals surface area contributed by atoms with Crippen LogP contribution >= 0.6 is 12.2 Å². The molecule has 138 valence electrons. The first-order valence-electron chi connectivity index (χ1n) is 8.08. The summed E-state index contributed by atoms with van der Waals surface area (Å²) in [6.07, 6.45) is 6.97. The number of hydrogen-bond donors (Lipinski definition) is 1. The lowest BCUT2D eigenvalue weighted by molar-refractivity contribution is 0.401. The van der Waals surface area contributed by atoms with E-state index < -0.39 is 0 Å². The Hall–Kier alpha value is -3.27. The van der Waals surface area contributed by atoms with Crippen molar-refractivity contribution in [1.29, 1.82) is 0 Å². The fraction of sp³-hybridized carbons (Fsp3) is 0.176. The van der Waals surface area contributed by atoms with Crippen LogP contribution in [0.2, 0.25) is 0 Å². The molecule has 0 bridgehead atoms. The summed E-state index contributed by atoms with van der Waals surface area (Å²) in [4.78, 5) is 8.64. The van der Waals surface area contributed by atoms with Gasteiger partial charge in [-0.2, -0.15) is 10.2 Å². The number of aryl methyl sites for hydroxylation is 2. The Morgan fingerprint density at radius 3 is 2.70 bits per heavy atom. The highest BCUT2D eigenvalue weighted by atomic mass is 32.2. The monoisotopic (exact) mass is 383 g/mol. The van der Waals surface area contributed by atoms with Crippen molar-refractivity contribution >= 4 is 28.8 Å². The SMILES string of the molecule is COc1ncc2cnn(C)c2c1NSOc1ccc(-n2ccc(C)n2)nc1. The molecule has 0 saturated heterocycles. The van der Waals surface area contributed by atoms with Crippen molar-refractivity contribution in [2.24, 2.45) is 7.05 Å². The van der Waals surface area contributed by atoms with Crippen molar-refractivity contribution in [2.45, 2.75) is 6.92 Å². The van der Waals surface area contributed by atoms with E-state index in [1.165, 1.54) is 0 Å². The highest BCUT2D eigenvalue weighted by Gasteiger charge is 2.14. The van der Waals surface area contributed by atoms with Crippen molar-refractivity contribution in [2.75, 3.05) is 11.8 Å². The van der Waals surface area contributed by atoms with Crippen LogP contribution in [0.3, 0.4) is 0 Å². The minimum Gasteiger partial charge on any atom is -0.479 e. The molecule has 4 heterocycles. The Morgan fingerprint density at radius 1 is 1.11 bits per heavy atom. The molecule has 4 aromatic rings. The zero-order valence-electron chi connectivity index (χ0n) is 14.9. The molecule has 4 aromatic heterocycles. The second-order valence-electron chi connectivity index (χ2n) is 5.74. The molecular formula is C17H17N7O2S. The van der Waals surface area contributed by atoms with Crippen LogP contribution in [-0.4, -0.2) is 36.6 Å². The van der Waals surface area contributed by atoms with Crippen molar-refractivity contribution in [3.63, 3.8) is 0 Å². The number of anilines is 1. The smallest absolute Gasteiger partial charge is 0.240 e. The molecule has 0 saturated carbocycles. The number of aromatic nitrogens is 6. The lowest BCUT2D eigenvalue weighted by Gasteiger charge is -2.11. The average Bonchev–Trinajstić information content (AvgIpc) is 3.28. The van der Waals surface area contributed by atoms with Crippen molar-refractivity contribution in [1.82, 2.24) is 29.5 Å². The second kappa shape index (κ2) is 7.16. The quantitative estimate of drug-likeness (QED) is 0.401. The molecule has 27 heavy (non-hydrogen) atoms. The number of pyridine rings is 2. The number of nitrogens with zero attached hydrogens (tertiary/aromatic N) is 6. The number of nitrogens with one attached hydrogen (secondary N) is 1. The van der Waals surface area contributed by atoms with Gasteiger partial charge < -0.3 is 8.92 Å². The minimum absolute atomic E-state index is 0.463. The lowest BCUT2D eigenvalue weighted by atomic mass is 10.3. The third-order valence-electron chi connectivity index (χ3n) is 3.89. The average molecular weight is 383 g/mol. The van der Waals surface area contributed by atoms with E-state index in [4.69, 9.17) is 8.92 Å². The summed E-state index contributed by atoms with van der Waals surface area (Å²) in [6.45, 7) is 1.93. The largest absolute Gasteiger partial charge is 0.479 e. The van der Waals surface area contributed by atoms with Gasteiger partial charge in [-0.05, 0) is 25.1 Å². The van der Waals surface area contributed by atoms with Crippen molar-refractivity contribution in [3.8, 4) is 17.4 Å². The van der Waals surface area contributed by atoms with E-state index in [2.05, 4.69) is 24.9 Å². The summed E-state index contributed by atoms with van der Waals surface area (Å²) in [6, 6.07) is 5.59. The molecule has 0 aromatic carbocycles.